The van der Waals surface area contributed by atoms with Crippen LogP contribution < -0.4 is 19.9 Å². The summed E-state index contributed by atoms with van der Waals surface area (Å²) in [5.41, 5.74) is 6.67. The first-order chi connectivity index (χ1) is 9.53. The van der Waals surface area contributed by atoms with Crippen LogP contribution in [0.5, 0.6) is 17.2 Å². The monoisotopic (exact) mass is 281 g/mol. The summed E-state index contributed by atoms with van der Waals surface area (Å²) in [6.07, 6.45) is 0. The number of methoxy groups -OCH3 is 3. The summed E-state index contributed by atoms with van der Waals surface area (Å²) in [6.45, 7) is 0. The number of anilines is 1. The van der Waals surface area contributed by atoms with Gasteiger partial charge >= 0.3 is 0 Å². The Bertz CT molecular complexity index is 621. The summed E-state index contributed by atoms with van der Waals surface area (Å²) < 4.78 is 31.1. The molecule has 0 radical (unpaired) electrons. The Labute approximate surface area is 115 Å². The van der Waals surface area contributed by atoms with Crippen molar-refractivity contribution in [2.75, 3.05) is 27.1 Å². The number of nitrogens with zero attached hydrogens (tertiary/aromatic N) is 2. The van der Waals surface area contributed by atoms with Crippen molar-refractivity contribution in [3.8, 4) is 28.5 Å². The van der Waals surface area contributed by atoms with Crippen molar-refractivity contribution in [1.82, 2.24) is 9.78 Å². The number of nitrogens with two attached hydrogens (primary N) is 1. The minimum absolute atomic E-state index is 0.0167. The number of benzene rings is 1. The zero-order valence-corrected chi connectivity index (χ0v) is 11.7. The summed E-state index contributed by atoms with van der Waals surface area (Å²) in [6, 6.07) is 3.23. The molecule has 0 unspecified atom stereocenters. The first-order valence-corrected chi connectivity index (χ1v) is 5.81. The molecular formula is C13H16FN3O3. The van der Waals surface area contributed by atoms with Gasteiger partial charge in [-0.25, -0.2) is 0 Å². The number of hydrogen-bond donors (Lipinski definition) is 1. The quantitative estimate of drug-likeness (QED) is 0.925. The molecule has 20 heavy (non-hydrogen) atoms. The van der Waals surface area contributed by atoms with E-state index in [1.807, 2.05) is 0 Å². The number of nitrogen functional groups attached to an aromatic ring is 1. The Kier molecular flexibility index (Phi) is 3.69. The van der Waals surface area contributed by atoms with Crippen LogP contribution in [-0.4, -0.2) is 31.1 Å². The van der Waals surface area contributed by atoms with Gasteiger partial charge in [0.15, 0.2) is 11.5 Å². The highest BCUT2D eigenvalue weighted by Crippen LogP contribution is 2.43. The first-order valence-electron chi connectivity index (χ1n) is 5.81. The summed E-state index contributed by atoms with van der Waals surface area (Å²) in [4.78, 5) is 0. The van der Waals surface area contributed by atoms with Gasteiger partial charge in [0, 0.05) is 13.1 Å². The molecule has 1 aromatic carbocycles. The standard InChI is InChI=1S/C13H16FN3O3/c1-17-10(15)6-8(16-17)7-5-9(18-2)13(20-4)11(14)12(7)19-3/h5-6H,15H2,1-4H3. The lowest BCUT2D eigenvalue weighted by Gasteiger charge is -2.14. The van der Waals surface area contributed by atoms with Gasteiger partial charge in [0.05, 0.1) is 32.6 Å². The molecule has 1 aromatic heterocycles. The van der Waals surface area contributed by atoms with Crippen LogP contribution in [0.2, 0.25) is 0 Å². The number of aryl methyl sites for hydroxylation is 1. The van der Waals surface area contributed by atoms with Gasteiger partial charge in [-0.15, -0.1) is 0 Å². The molecule has 2 aromatic rings. The molecule has 0 saturated carbocycles. The molecule has 0 amide bonds. The van der Waals surface area contributed by atoms with Gasteiger partial charge in [0.1, 0.15) is 5.82 Å². The molecule has 7 heteroatoms. The van der Waals surface area contributed by atoms with Crippen molar-refractivity contribution in [1.29, 1.82) is 0 Å². The third kappa shape index (κ3) is 2.11. The van der Waals surface area contributed by atoms with Crippen LogP contribution in [0.1, 0.15) is 0 Å². The fourth-order valence-corrected chi connectivity index (χ4v) is 1.94. The molecule has 0 spiro atoms. The van der Waals surface area contributed by atoms with Crippen molar-refractivity contribution in [3.05, 3.63) is 17.9 Å². The maximum Gasteiger partial charge on any atom is 0.211 e. The number of hydrogen-bond acceptors (Lipinski definition) is 5. The van der Waals surface area contributed by atoms with E-state index < -0.39 is 5.82 Å². The van der Waals surface area contributed by atoms with E-state index in [0.29, 0.717) is 17.1 Å². The predicted molar refractivity (Wildman–Crippen MR) is 72.7 cm³/mol. The Balaban J connectivity index is 2.71. The van der Waals surface area contributed by atoms with E-state index >= 15 is 0 Å². The van der Waals surface area contributed by atoms with Crippen LogP contribution in [0.25, 0.3) is 11.3 Å². The SMILES string of the molecule is COc1cc(-c2cc(N)n(C)n2)c(OC)c(F)c1OC. The smallest absolute Gasteiger partial charge is 0.211 e. The maximum absolute atomic E-state index is 14.4. The van der Waals surface area contributed by atoms with E-state index in [0.717, 1.165) is 0 Å². The molecule has 0 bridgehead atoms. The summed E-state index contributed by atoms with van der Waals surface area (Å²) in [7, 11) is 5.86. The van der Waals surface area contributed by atoms with E-state index in [1.165, 1.54) is 26.0 Å². The van der Waals surface area contributed by atoms with E-state index in [-0.39, 0.29) is 17.2 Å². The van der Waals surface area contributed by atoms with Crippen molar-refractivity contribution >= 4 is 5.82 Å². The van der Waals surface area contributed by atoms with Crippen LogP contribution in [0.15, 0.2) is 12.1 Å². The molecule has 1 heterocycles. The summed E-state index contributed by atoms with van der Waals surface area (Å²) >= 11 is 0. The van der Waals surface area contributed by atoms with Gasteiger partial charge in [0.2, 0.25) is 11.6 Å². The van der Waals surface area contributed by atoms with Crippen LogP contribution >= 0.6 is 0 Å². The molecule has 108 valence electrons. The van der Waals surface area contributed by atoms with E-state index in [4.69, 9.17) is 19.9 Å². The van der Waals surface area contributed by atoms with Crippen LogP contribution in [0.4, 0.5) is 10.2 Å². The van der Waals surface area contributed by atoms with Gasteiger partial charge in [-0.3, -0.25) is 4.68 Å². The average Bonchev–Trinajstić information content (AvgIpc) is 2.77. The lowest BCUT2D eigenvalue weighted by molar-refractivity contribution is 0.321. The molecule has 0 atom stereocenters. The highest BCUT2D eigenvalue weighted by Gasteiger charge is 2.23. The Morgan fingerprint density at radius 1 is 1.10 bits per heavy atom. The van der Waals surface area contributed by atoms with E-state index in [2.05, 4.69) is 5.10 Å². The van der Waals surface area contributed by atoms with E-state index in [9.17, 15) is 4.39 Å². The van der Waals surface area contributed by atoms with Crippen molar-refractivity contribution in [2.45, 2.75) is 0 Å². The number of aromatic nitrogens is 2. The molecule has 0 aliphatic carbocycles. The Hall–Kier alpha value is -2.44. The third-order valence-corrected chi connectivity index (χ3v) is 2.96. The second-order valence-corrected chi connectivity index (χ2v) is 4.08. The highest BCUT2D eigenvalue weighted by atomic mass is 19.1. The molecule has 2 rings (SSSR count). The van der Waals surface area contributed by atoms with Gasteiger partial charge in [0.25, 0.3) is 0 Å². The Morgan fingerprint density at radius 2 is 1.75 bits per heavy atom. The molecule has 0 aliphatic heterocycles. The molecule has 2 N–H and O–H groups in total. The third-order valence-electron chi connectivity index (χ3n) is 2.96. The van der Waals surface area contributed by atoms with Crippen molar-refractivity contribution in [3.63, 3.8) is 0 Å². The predicted octanol–water partition coefficient (Wildman–Crippen LogP) is 1.83. The number of rotatable bonds is 4. The van der Waals surface area contributed by atoms with Crippen LogP contribution in [0.3, 0.4) is 0 Å². The van der Waals surface area contributed by atoms with Gasteiger partial charge < -0.3 is 19.9 Å². The van der Waals surface area contributed by atoms with Crippen molar-refractivity contribution < 1.29 is 18.6 Å². The number of halogens is 1. The second-order valence-electron chi connectivity index (χ2n) is 4.08. The zero-order valence-electron chi connectivity index (χ0n) is 11.7. The zero-order chi connectivity index (χ0) is 14.9. The van der Waals surface area contributed by atoms with E-state index in [1.54, 1.807) is 19.2 Å². The van der Waals surface area contributed by atoms with Gasteiger partial charge in [-0.05, 0) is 6.07 Å². The second kappa shape index (κ2) is 5.28. The van der Waals surface area contributed by atoms with Crippen molar-refractivity contribution in [2.24, 2.45) is 7.05 Å². The van der Waals surface area contributed by atoms with Crippen LogP contribution in [-0.2, 0) is 7.05 Å². The number of ether oxygens (including phenoxy) is 3. The molecular weight excluding hydrogens is 265 g/mol. The molecule has 6 nitrogen and oxygen atoms in total. The summed E-state index contributed by atoms with van der Waals surface area (Å²) in [5.74, 6) is 0.0774. The largest absolute Gasteiger partial charge is 0.493 e. The minimum atomic E-state index is -0.645. The highest BCUT2D eigenvalue weighted by molar-refractivity contribution is 5.73. The van der Waals surface area contributed by atoms with Crippen LogP contribution in [0, 0.1) is 5.82 Å². The fraction of sp³-hybridized carbons (Fsp3) is 0.308. The normalized spacial score (nSPS) is 10.4. The minimum Gasteiger partial charge on any atom is -0.493 e. The lowest BCUT2D eigenvalue weighted by Crippen LogP contribution is -2.00. The molecule has 0 aliphatic rings. The van der Waals surface area contributed by atoms with Gasteiger partial charge in [-0.1, -0.05) is 0 Å². The lowest BCUT2D eigenvalue weighted by atomic mass is 10.1. The average molecular weight is 281 g/mol. The maximum atomic E-state index is 14.4. The topological polar surface area (TPSA) is 71.5 Å². The molecule has 0 fully saturated rings. The fourth-order valence-electron chi connectivity index (χ4n) is 1.94. The molecule has 0 saturated heterocycles. The van der Waals surface area contributed by atoms with Gasteiger partial charge in [-0.2, -0.15) is 9.49 Å². The first kappa shape index (κ1) is 14.0. The summed E-state index contributed by atoms with van der Waals surface area (Å²) in [5, 5.41) is 4.21. The Morgan fingerprint density at radius 3 is 2.20 bits per heavy atom.